The number of aromatic nitrogens is 1. The number of ketones is 2. The van der Waals surface area contributed by atoms with Crippen molar-refractivity contribution in [3.05, 3.63) is 119 Å². The van der Waals surface area contributed by atoms with Gasteiger partial charge in [-0.25, -0.2) is 0 Å². The minimum Gasteiger partial charge on any atom is -0.862 e. The van der Waals surface area contributed by atoms with Crippen LogP contribution in [0, 0.1) is 0 Å². The van der Waals surface area contributed by atoms with Gasteiger partial charge in [-0.1, -0.05) is 60.3 Å². The number of pyridine rings is 1. The first kappa shape index (κ1) is 29.1. The third kappa shape index (κ3) is 6.07. The van der Waals surface area contributed by atoms with Gasteiger partial charge in [0.1, 0.15) is 11.2 Å². The molecular weight excluding hydrogens is 568 g/mol. The number of para-hydroxylation sites is 3. The van der Waals surface area contributed by atoms with Crippen molar-refractivity contribution in [2.75, 3.05) is 37.0 Å². The van der Waals surface area contributed by atoms with Gasteiger partial charge in [-0.2, -0.15) is 4.57 Å². The molecule has 3 aromatic carbocycles. The maximum absolute atomic E-state index is 12.6. The Bertz CT molecular complexity index is 1880. The summed E-state index contributed by atoms with van der Waals surface area (Å²) in [5, 5.41) is 14.9. The summed E-state index contributed by atoms with van der Waals surface area (Å²) in [6, 6.07) is 29.4. The Morgan fingerprint density at radius 3 is 2.57 bits per heavy atom. The van der Waals surface area contributed by atoms with E-state index in [1.54, 1.807) is 11.8 Å². The van der Waals surface area contributed by atoms with Crippen molar-refractivity contribution in [3.63, 3.8) is 0 Å². The average Bonchev–Trinajstić information content (AvgIpc) is 3.36. The zero-order valence-corrected chi connectivity index (χ0v) is 25.5. The fraction of sp³-hybridized carbons (Fsp3) is 0.167. The van der Waals surface area contributed by atoms with E-state index in [1.807, 2.05) is 25.2 Å². The highest BCUT2D eigenvalue weighted by atomic mass is 32.2. The SMILES string of the molecule is CN(CCCC([O-])=NCC1=CC(=O)C=CC1=O)c1cc(/C=C2\Sc3ccccc3N2C)c2ccccc2[n+]1-c1ccccc1. The maximum Gasteiger partial charge on any atom is 0.282 e. The topological polar surface area (TPSA) is 79.9 Å². The molecule has 1 aromatic heterocycles. The largest absolute Gasteiger partial charge is 0.862 e. The lowest BCUT2D eigenvalue weighted by molar-refractivity contribution is -0.553. The molecule has 0 radical (unpaired) electrons. The fourth-order valence-electron chi connectivity index (χ4n) is 5.46. The highest BCUT2D eigenvalue weighted by Gasteiger charge is 2.25. The molecule has 2 aliphatic rings. The Hall–Kier alpha value is -4.95. The quantitative estimate of drug-likeness (QED) is 0.113. The third-order valence-electron chi connectivity index (χ3n) is 7.77. The second-order valence-corrected chi connectivity index (χ2v) is 11.8. The molecule has 0 bridgehead atoms. The molecule has 0 N–H and O–H groups in total. The van der Waals surface area contributed by atoms with E-state index in [0.717, 1.165) is 33.0 Å². The van der Waals surface area contributed by atoms with Crippen LogP contribution in [0.4, 0.5) is 11.5 Å². The van der Waals surface area contributed by atoms with Gasteiger partial charge in [0.15, 0.2) is 11.6 Å². The number of carbonyl (C=O) groups excluding carboxylic acids is 2. The van der Waals surface area contributed by atoms with Crippen LogP contribution in [0.1, 0.15) is 18.4 Å². The van der Waals surface area contributed by atoms with E-state index in [1.165, 1.54) is 28.8 Å². The molecule has 220 valence electrons. The van der Waals surface area contributed by atoms with Crippen LogP contribution in [-0.4, -0.2) is 44.6 Å². The Kier molecular flexibility index (Phi) is 8.43. The molecule has 2 heterocycles. The normalized spacial score (nSPS) is 15.7. The molecule has 1 aliphatic heterocycles. The first-order chi connectivity index (χ1) is 21.4. The molecule has 7 nitrogen and oxygen atoms in total. The number of anilines is 2. The zero-order valence-electron chi connectivity index (χ0n) is 24.6. The Morgan fingerprint density at radius 2 is 1.75 bits per heavy atom. The van der Waals surface area contributed by atoms with Crippen LogP contribution in [0.5, 0.6) is 0 Å². The second-order valence-electron chi connectivity index (χ2n) is 10.8. The van der Waals surface area contributed by atoms with Gasteiger partial charge in [0, 0.05) is 29.0 Å². The summed E-state index contributed by atoms with van der Waals surface area (Å²) < 4.78 is 2.26. The highest BCUT2D eigenvalue weighted by Crippen LogP contribution is 2.45. The van der Waals surface area contributed by atoms with Crippen molar-refractivity contribution in [2.45, 2.75) is 17.7 Å². The van der Waals surface area contributed by atoms with Gasteiger partial charge in [0.25, 0.3) is 5.82 Å². The van der Waals surface area contributed by atoms with Crippen LogP contribution >= 0.6 is 11.8 Å². The van der Waals surface area contributed by atoms with E-state index in [4.69, 9.17) is 0 Å². The lowest BCUT2D eigenvalue weighted by Crippen LogP contribution is -2.40. The van der Waals surface area contributed by atoms with Crippen molar-refractivity contribution in [2.24, 2.45) is 4.99 Å². The summed E-state index contributed by atoms with van der Waals surface area (Å²) in [6.45, 7) is 0.544. The molecule has 0 amide bonds. The van der Waals surface area contributed by atoms with Gasteiger partial charge in [-0.3, -0.25) is 14.5 Å². The third-order valence-corrected chi connectivity index (χ3v) is 8.93. The van der Waals surface area contributed by atoms with E-state index >= 15 is 0 Å². The van der Waals surface area contributed by atoms with E-state index < -0.39 is 0 Å². The minimum atomic E-state index is -0.283. The van der Waals surface area contributed by atoms with Crippen molar-refractivity contribution < 1.29 is 19.3 Å². The van der Waals surface area contributed by atoms with Gasteiger partial charge in [0.05, 0.1) is 30.9 Å². The zero-order chi connectivity index (χ0) is 30.6. The molecule has 44 heavy (non-hydrogen) atoms. The number of nitrogens with zero attached hydrogens (tertiary/aromatic N) is 4. The molecule has 0 fully saturated rings. The molecular formula is C36H32N4O3S. The molecule has 0 spiro atoms. The summed E-state index contributed by atoms with van der Waals surface area (Å²) >= 11 is 1.77. The lowest BCUT2D eigenvalue weighted by Gasteiger charge is -2.20. The number of hydrogen-bond donors (Lipinski definition) is 0. The van der Waals surface area contributed by atoms with Crippen molar-refractivity contribution >= 4 is 57.7 Å². The monoisotopic (exact) mass is 600 g/mol. The molecule has 8 heteroatoms. The van der Waals surface area contributed by atoms with Crippen molar-refractivity contribution in [3.8, 4) is 5.69 Å². The predicted molar refractivity (Wildman–Crippen MR) is 176 cm³/mol. The van der Waals surface area contributed by atoms with E-state index in [9.17, 15) is 14.7 Å². The minimum absolute atomic E-state index is 0.0728. The average molecular weight is 601 g/mol. The smallest absolute Gasteiger partial charge is 0.282 e. The van der Waals surface area contributed by atoms with Crippen LogP contribution in [0.25, 0.3) is 22.7 Å². The number of fused-ring (bicyclic) bond motifs is 2. The number of rotatable bonds is 9. The summed E-state index contributed by atoms with van der Waals surface area (Å²) in [5.74, 6) is 0.176. The maximum atomic E-state index is 12.6. The number of carbonyl (C=O) groups is 2. The first-order valence-corrected chi connectivity index (χ1v) is 15.3. The number of allylic oxidation sites excluding steroid dienone is 3. The summed E-state index contributed by atoms with van der Waals surface area (Å²) in [7, 11) is 4.14. The molecule has 4 aromatic rings. The van der Waals surface area contributed by atoms with Crippen LogP contribution in [-0.2, 0) is 9.59 Å². The number of benzene rings is 3. The van der Waals surface area contributed by atoms with Gasteiger partial charge >= 0.3 is 0 Å². The van der Waals surface area contributed by atoms with E-state index in [0.29, 0.717) is 13.0 Å². The Balaban J connectivity index is 1.30. The molecule has 0 saturated heterocycles. The summed E-state index contributed by atoms with van der Waals surface area (Å²) in [6.07, 6.45) is 6.78. The van der Waals surface area contributed by atoms with Gasteiger partial charge in [0.2, 0.25) is 0 Å². The first-order valence-electron chi connectivity index (χ1n) is 14.5. The second kappa shape index (κ2) is 12.7. The Labute approximate surface area is 261 Å². The van der Waals surface area contributed by atoms with Crippen molar-refractivity contribution in [1.82, 2.24) is 0 Å². The van der Waals surface area contributed by atoms with Crippen LogP contribution in [0.3, 0.4) is 0 Å². The van der Waals surface area contributed by atoms with Crippen LogP contribution < -0.4 is 19.5 Å². The van der Waals surface area contributed by atoms with Gasteiger partial charge < -0.3 is 15.0 Å². The Morgan fingerprint density at radius 1 is 1.00 bits per heavy atom. The van der Waals surface area contributed by atoms with Gasteiger partial charge in [-0.05, 0) is 78.9 Å². The van der Waals surface area contributed by atoms with Crippen LogP contribution in [0.15, 0.2) is 124 Å². The standard InChI is InChI=1S/C36H32N4O3S/c1-38(20-10-17-34(43)37-24-26-21-28(41)18-19-32(26)42)35-22-25(23-36-39(2)31-15-8-9-16-33(31)44-36)29-13-6-7-14-30(29)40(35)27-11-4-3-5-12-27/h3-9,11-16,18-19,21-23H,10,17,20,24H2,1-2H3. The highest BCUT2D eigenvalue weighted by molar-refractivity contribution is 8.03. The van der Waals surface area contributed by atoms with Crippen molar-refractivity contribution in [1.29, 1.82) is 0 Å². The van der Waals surface area contributed by atoms with E-state index in [2.05, 4.69) is 99.2 Å². The molecule has 0 unspecified atom stereocenters. The number of hydrogen-bond acceptors (Lipinski definition) is 7. The molecule has 1 aliphatic carbocycles. The predicted octanol–water partition coefficient (Wildman–Crippen LogP) is 5.27. The van der Waals surface area contributed by atoms with Gasteiger partial charge in [-0.15, -0.1) is 0 Å². The number of thioether (sulfide) groups is 1. The molecule has 6 rings (SSSR count). The lowest BCUT2D eigenvalue weighted by atomic mass is 10.0. The molecule has 0 saturated carbocycles. The van der Waals surface area contributed by atoms with Crippen LogP contribution in [0.2, 0.25) is 0 Å². The fourth-order valence-corrected chi connectivity index (χ4v) is 6.56. The summed E-state index contributed by atoms with van der Waals surface area (Å²) in [5.41, 5.74) is 4.68. The number of aliphatic imine (C=N–C) groups is 1. The summed E-state index contributed by atoms with van der Waals surface area (Å²) in [4.78, 5) is 33.3. The molecule has 0 atom stereocenters. The van der Waals surface area contributed by atoms with E-state index in [-0.39, 0.29) is 36.0 Å².